The molecule has 3 rings (SSSR count). The van der Waals surface area contributed by atoms with Gasteiger partial charge in [0.15, 0.2) is 0 Å². The number of nitrogens with zero attached hydrogens (tertiary/aromatic N) is 2. The SMILES string of the molecule is CCN(CC)CCSC[C@H](O)c1cc(-c2ccccc2)nc2ccc(OC)cc12. The van der Waals surface area contributed by atoms with Crippen molar-refractivity contribution in [2.24, 2.45) is 0 Å². The minimum atomic E-state index is -0.559. The minimum Gasteiger partial charge on any atom is -0.497 e. The Morgan fingerprint density at radius 1 is 1.07 bits per heavy atom. The van der Waals surface area contributed by atoms with Gasteiger partial charge in [0.2, 0.25) is 0 Å². The Labute approximate surface area is 177 Å². The van der Waals surface area contributed by atoms with E-state index in [0.717, 1.165) is 58.9 Å². The molecule has 0 amide bonds. The fraction of sp³-hybridized carbons (Fsp3) is 0.375. The molecule has 1 aromatic heterocycles. The molecule has 1 heterocycles. The highest BCUT2D eigenvalue weighted by Gasteiger charge is 2.16. The molecule has 0 radical (unpaired) electrons. The van der Waals surface area contributed by atoms with Gasteiger partial charge < -0.3 is 14.7 Å². The average Bonchev–Trinajstić information content (AvgIpc) is 2.78. The number of pyridine rings is 1. The monoisotopic (exact) mass is 410 g/mol. The predicted octanol–water partition coefficient (Wildman–Crippen LogP) is 5.02. The van der Waals surface area contributed by atoms with Crippen LogP contribution in [0.3, 0.4) is 0 Å². The number of aliphatic hydroxyl groups excluding tert-OH is 1. The van der Waals surface area contributed by atoms with Crippen LogP contribution >= 0.6 is 11.8 Å². The average molecular weight is 411 g/mol. The summed E-state index contributed by atoms with van der Waals surface area (Å²) in [6.45, 7) is 7.55. The van der Waals surface area contributed by atoms with E-state index in [9.17, 15) is 5.11 Å². The molecule has 2 aromatic carbocycles. The molecule has 0 aliphatic rings. The van der Waals surface area contributed by atoms with Crippen LogP contribution in [0.4, 0.5) is 0 Å². The molecule has 3 aromatic rings. The molecule has 0 aliphatic heterocycles. The number of methoxy groups -OCH3 is 1. The van der Waals surface area contributed by atoms with Crippen molar-refractivity contribution < 1.29 is 9.84 Å². The second kappa shape index (κ2) is 10.6. The maximum absolute atomic E-state index is 11.0. The fourth-order valence-corrected chi connectivity index (χ4v) is 4.37. The van der Waals surface area contributed by atoms with Crippen LogP contribution in [0.2, 0.25) is 0 Å². The summed E-state index contributed by atoms with van der Waals surface area (Å²) in [7, 11) is 1.66. The Hall–Kier alpha value is -2.08. The highest BCUT2D eigenvalue weighted by molar-refractivity contribution is 7.99. The summed E-state index contributed by atoms with van der Waals surface area (Å²) in [5.74, 6) is 2.44. The van der Waals surface area contributed by atoms with Gasteiger partial charge in [0.1, 0.15) is 5.75 Å². The van der Waals surface area contributed by atoms with E-state index in [0.29, 0.717) is 5.75 Å². The van der Waals surface area contributed by atoms with E-state index in [1.54, 1.807) is 18.9 Å². The Balaban J connectivity index is 1.87. The van der Waals surface area contributed by atoms with Gasteiger partial charge in [-0.05, 0) is 42.9 Å². The Morgan fingerprint density at radius 2 is 1.83 bits per heavy atom. The van der Waals surface area contributed by atoms with Crippen LogP contribution in [0.5, 0.6) is 5.75 Å². The highest BCUT2D eigenvalue weighted by Crippen LogP contribution is 2.32. The first-order chi connectivity index (χ1) is 14.2. The molecule has 0 saturated heterocycles. The zero-order valence-corrected chi connectivity index (χ0v) is 18.3. The molecule has 1 N–H and O–H groups in total. The summed E-state index contributed by atoms with van der Waals surface area (Å²) < 4.78 is 5.40. The lowest BCUT2D eigenvalue weighted by Crippen LogP contribution is -2.25. The quantitative estimate of drug-likeness (QED) is 0.476. The topological polar surface area (TPSA) is 45.6 Å². The van der Waals surface area contributed by atoms with Crippen LogP contribution in [0, 0.1) is 0 Å². The number of aliphatic hydroxyl groups is 1. The second-order valence-corrected chi connectivity index (χ2v) is 8.11. The van der Waals surface area contributed by atoms with Gasteiger partial charge in [0.25, 0.3) is 0 Å². The summed E-state index contributed by atoms with van der Waals surface area (Å²) in [6, 6.07) is 18.0. The second-order valence-electron chi connectivity index (χ2n) is 6.96. The first kappa shape index (κ1) is 21.6. The molecular formula is C24H30N2O2S. The van der Waals surface area contributed by atoms with E-state index in [2.05, 4.69) is 18.7 Å². The fourth-order valence-electron chi connectivity index (χ4n) is 3.41. The third-order valence-corrected chi connectivity index (χ3v) is 6.22. The summed E-state index contributed by atoms with van der Waals surface area (Å²) in [5.41, 5.74) is 3.70. The zero-order valence-electron chi connectivity index (χ0n) is 17.5. The van der Waals surface area contributed by atoms with Crippen LogP contribution < -0.4 is 4.74 Å². The normalized spacial score (nSPS) is 12.4. The zero-order chi connectivity index (χ0) is 20.6. The lowest BCUT2D eigenvalue weighted by Gasteiger charge is -2.19. The molecule has 1 atom stereocenters. The summed E-state index contributed by atoms with van der Waals surface area (Å²) in [5, 5.41) is 12.0. The molecule has 4 nitrogen and oxygen atoms in total. The van der Waals surface area contributed by atoms with Crippen LogP contribution in [0.1, 0.15) is 25.5 Å². The Kier molecular flexibility index (Phi) is 7.92. The van der Waals surface area contributed by atoms with Gasteiger partial charge in [0.05, 0.1) is 24.4 Å². The van der Waals surface area contributed by atoms with Crippen molar-refractivity contribution in [3.8, 4) is 17.0 Å². The number of benzene rings is 2. The molecule has 5 heteroatoms. The number of fused-ring (bicyclic) bond motifs is 1. The van der Waals surface area contributed by atoms with Gasteiger partial charge in [-0.2, -0.15) is 11.8 Å². The third-order valence-electron chi connectivity index (χ3n) is 5.20. The van der Waals surface area contributed by atoms with E-state index in [1.165, 1.54) is 0 Å². The number of thioether (sulfide) groups is 1. The first-order valence-corrected chi connectivity index (χ1v) is 11.3. The number of ether oxygens (including phenoxy) is 1. The lowest BCUT2D eigenvalue weighted by molar-refractivity contribution is 0.205. The minimum absolute atomic E-state index is 0.559. The number of hydrogen-bond donors (Lipinski definition) is 1. The van der Waals surface area contributed by atoms with Gasteiger partial charge in [-0.15, -0.1) is 0 Å². The van der Waals surface area contributed by atoms with Gasteiger partial charge in [-0.1, -0.05) is 44.2 Å². The molecule has 0 bridgehead atoms. The van der Waals surface area contributed by atoms with Crippen molar-refractivity contribution >= 4 is 22.7 Å². The van der Waals surface area contributed by atoms with Gasteiger partial charge in [-0.3, -0.25) is 0 Å². The maximum Gasteiger partial charge on any atom is 0.119 e. The van der Waals surface area contributed by atoms with Gasteiger partial charge in [0, 0.05) is 29.0 Å². The van der Waals surface area contributed by atoms with Crippen molar-refractivity contribution in [2.45, 2.75) is 20.0 Å². The van der Waals surface area contributed by atoms with Crippen LogP contribution in [0.15, 0.2) is 54.6 Å². The van der Waals surface area contributed by atoms with E-state index in [-0.39, 0.29) is 0 Å². The number of rotatable bonds is 10. The molecule has 0 saturated carbocycles. The predicted molar refractivity (Wildman–Crippen MR) is 124 cm³/mol. The largest absolute Gasteiger partial charge is 0.497 e. The van der Waals surface area contributed by atoms with E-state index in [1.807, 2.05) is 54.6 Å². The summed E-state index contributed by atoms with van der Waals surface area (Å²) in [4.78, 5) is 7.23. The van der Waals surface area contributed by atoms with Crippen molar-refractivity contribution in [3.05, 3.63) is 60.2 Å². The Bertz CT molecular complexity index is 913. The smallest absolute Gasteiger partial charge is 0.119 e. The molecule has 0 fully saturated rings. The van der Waals surface area contributed by atoms with Crippen LogP contribution in [0.25, 0.3) is 22.2 Å². The third kappa shape index (κ3) is 5.50. The molecule has 29 heavy (non-hydrogen) atoms. The number of hydrogen-bond acceptors (Lipinski definition) is 5. The lowest BCUT2D eigenvalue weighted by atomic mass is 10.0. The van der Waals surface area contributed by atoms with Gasteiger partial charge in [-0.25, -0.2) is 4.98 Å². The van der Waals surface area contributed by atoms with Gasteiger partial charge >= 0.3 is 0 Å². The van der Waals surface area contributed by atoms with Crippen molar-refractivity contribution in [1.29, 1.82) is 0 Å². The van der Waals surface area contributed by atoms with Crippen molar-refractivity contribution in [1.82, 2.24) is 9.88 Å². The van der Waals surface area contributed by atoms with Crippen molar-refractivity contribution in [3.63, 3.8) is 0 Å². The first-order valence-electron chi connectivity index (χ1n) is 10.2. The van der Waals surface area contributed by atoms with E-state index < -0.39 is 6.10 Å². The van der Waals surface area contributed by atoms with E-state index in [4.69, 9.17) is 9.72 Å². The number of aromatic nitrogens is 1. The summed E-state index contributed by atoms with van der Waals surface area (Å²) in [6.07, 6.45) is -0.559. The standard InChI is InChI=1S/C24H30N2O2S/c1-4-26(5-2)13-14-29-17-24(27)21-16-23(18-9-7-6-8-10-18)25-22-12-11-19(28-3)15-20(21)22/h6-12,15-16,24,27H,4-5,13-14,17H2,1-3H3/t24-/m0/s1. The molecular weight excluding hydrogens is 380 g/mol. The maximum atomic E-state index is 11.0. The molecule has 0 aliphatic carbocycles. The van der Waals surface area contributed by atoms with E-state index >= 15 is 0 Å². The molecule has 0 spiro atoms. The summed E-state index contributed by atoms with van der Waals surface area (Å²) >= 11 is 1.79. The Morgan fingerprint density at radius 3 is 2.52 bits per heavy atom. The van der Waals surface area contributed by atoms with Crippen LogP contribution in [-0.4, -0.2) is 53.2 Å². The molecule has 0 unspecified atom stereocenters. The van der Waals surface area contributed by atoms with Crippen molar-refractivity contribution in [2.75, 3.05) is 38.2 Å². The van der Waals surface area contributed by atoms with Crippen LogP contribution in [-0.2, 0) is 0 Å². The molecule has 154 valence electrons. The highest BCUT2D eigenvalue weighted by atomic mass is 32.2.